The van der Waals surface area contributed by atoms with Crippen LogP contribution in [0.1, 0.15) is 256 Å². The summed E-state index contributed by atoms with van der Waals surface area (Å²) in [5.41, 5.74) is 2.28. The first-order valence-electron chi connectivity index (χ1n) is 29.4. The Hall–Kier alpha value is -7.16. The highest BCUT2D eigenvalue weighted by atomic mass is 16.6. The van der Waals surface area contributed by atoms with Crippen molar-refractivity contribution in [3.05, 3.63) is 107 Å². The molecule has 0 atom stereocenters. The fraction of sp³-hybridized carbons (Fsp3) is 0.647. The Labute approximate surface area is 539 Å². The number of hydrogen-bond donors (Lipinski definition) is 6. The Morgan fingerprint density at radius 1 is 0.506 bits per heavy atom. The third-order valence-corrected chi connectivity index (χ3v) is 9.18. The number of pyridine rings is 2. The number of hydrogen-bond acceptors (Lipinski definition) is 15. The van der Waals surface area contributed by atoms with Crippen LogP contribution in [0, 0.1) is 18.8 Å². The van der Waals surface area contributed by atoms with Crippen molar-refractivity contribution in [2.45, 2.75) is 256 Å². The van der Waals surface area contributed by atoms with Crippen LogP contribution in [0.3, 0.4) is 0 Å². The van der Waals surface area contributed by atoms with Gasteiger partial charge < -0.3 is 55.4 Å². The van der Waals surface area contributed by atoms with Gasteiger partial charge in [-0.3, -0.25) is 24.4 Å². The van der Waals surface area contributed by atoms with Crippen molar-refractivity contribution in [1.82, 2.24) is 52.0 Å². The van der Waals surface area contributed by atoms with E-state index in [9.17, 15) is 28.8 Å². The lowest BCUT2D eigenvalue weighted by Gasteiger charge is -2.20. The summed E-state index contributed by atoms with van der Waals surface area (Å²) >= 11 is 0. The lowest BCUT2D eigenvalue weighted by atomic mass is 10.2. The Morgan fingerprint density at radius 3 is 1.33 bits per heavy atom. The molecule has 4 aromatic rings. The van der Waals surface area contributed by atoms with E-state index >= 15 is 0 Å². The van der Waals surface area contributed by atoms with Crippen LogP contribution in [0.2, 0.25) is 0 Å². The molecule has 6 amide bonds. The lowest BCUT2D eigenvalue weighted by molar-refractivity contribution is -0.0232. The van der Waals surface area contributed by atoms with Crippen LogP contribution in [0.15, 0.2) is 77.7 Å². The van der Waals surface area contributed by atoms with Crippen LogP contribution in [0.5, 0.6) is 0 Å². The molecule has 89 heavy (non-hydrogen) atoms. The van der Waals surface area contributed by atoms with Gasteiger partial charge in [0, 0.05) is 78.9 Å². The van der Waals surface area contributed by atoms with Crippen molar-refractivity contribution in [3.63, 3.8) is 0 Å². The van der Waals surface area contributed by atoms with Crippen LogP contribution >= 0.6 is 0 Å². The largest absolute Gasteiger partial charge is 0.447 e. The van der Waals surface area contributed by atoms with E-state index in [4.69, 9.17) is 23.5 Å². The topological polar surface area (TPSA) is 276 Å². The maximum atomic E-state index is 11.5. The fourth-order valence-electron chi connectivity index (χ4n) is 5.33. The summed E-state index contributed by atoms with van der Waals surface area (Å²) in [6.07, 6.45) is 3.69. The molecule has 0 saturated heterocycles. The highest BCUT2D eigenvalue weighted by Crippen LogP contribution is 2.15. The zero-order valence-corrected chi connectivity index (χ0v) is 56.2. The third-order valence-electron chi connectivity index (χ3n) is 9.18. The van der Waals surface area contributed by atoms with E-state index in [0.717, 1.165) is 17.4 Å². The van der Waals surface area contributed by atoms with Gasteiger partial charge >= 0.3 is 18.3 Å². The number of ether oxygens (including phenoxy) is 4. The Bertz CT molecular complexity index is 2360. The zero-order valence-electron chi connectivity index (χ0n) is 56.2. The van der Waals surface area contributed by atoms with Gasteiger partial charge in [0.15, 0.2) is 5.82 Å². The minimum Gasteiger partial charge on any atom is -0.447 e. The van der Waals surface area contributed by atoms with Crippen LogP contribution in [0.25, 0.3) is 0 Å². The molecular formula is C68H126N10O11. The summed E-state index contributed by atoms with van der Waals surface area (Å²) in [5.74, 6) is 3.04. The van der Waals surface area contributed by atoms with Gasteiger partial charge in [-0.15, -0.1) is 0 Å². The van der Waals surface area contributed by atoms with Crippen molar-refractivity contribution in [3.8, 4) is 0 Å². The number of aromatic nitrogens is 4. The Morgan fingerprint density at radius 2 is 0.966 bits per heavy atom. The average Bonchev–Trinajstić information content (AvgIpc) is 4.19. The van der Waals surface area contributed by atoms with Crippen molar-refractivity contribution >= 4 is 36.0 Å². The quantitative estimate of drug-likeness (QED) is 0.0423. The monoisotopic (exact) mass is 1260 g/mol. The summed E-state index contributed by atoms with van der Waals surface area (Å²) < 4.78 is 25.1. The number of benzene rings is 1. The van der Waals surface area contributed by atoms with E-state index in [1.807, 2.05) is 156 Å². The van der Waals surface area contributed by atoms with E-state index in [2.05, 4.69) is 93.6 Å². The zero-order chi connectivity index (χ0) is 66.0. The molecule has 21 heteroatoms. The molecule has 0 unspecified atom stereocenters. The number of carbonyl (C=O) groups is 6. The number of carbonyl (C=O) groups excluding carboxylic acids is 6. The summed E-state index contributed by atoms with van der Waals surface area (Å²) in [7, 11) is 0. The van der Waals surface area contributed by atoms with Gasteiger partial charge in [0.05, 0.1) is 29.4 Å². The normalized spacial score (nSPS) is 10.2. The van der Waals surface area contributed by atoms with Gasteiger partial charge in [0.2, 0.25) is 5.89 Å². The molecule has 1 aromatic carbocycles. The van der Waals surface area contributed by atoms with Crippen molar-refractivity contribution in [1.29, 1.82) is 0 Å². The molecule has 0 aliphatic rings. The molecule has 0 bridgehead atoms. The van der Waals surface area contributed by atoms with Crippen LogP contribution in [0.4, 0.5) is 14.4 Å². The second kappa shape index (κ2) is 52.7. The van der Waals surface area contributed by atoms with Crippen LogP contribution in [-0.4, -0.2) is 124 Å². The summed E-state index contributed by atoms with van der Waals surface area (Å²) in [4.78, 5) is 79.1. The number of nitrogens with one attached hydrogen (secondary N) is 6. The van der Waals surface area contributed by atoms with E-state index in [1.165, 1.54) is 0 Å². The molecule has 3 aromatic heterocycles. The van der Waals surface area contributed by atoms with Gasteiger partial charge in [-0.05, 0) is 166 Å². The smallest absolute Gasteiger partial charge is 0.407 e. The van der Waals surface area contributed by atoms with Gasteiger partial charge in [0.1, 0.15) is 12.2 Å². The second-order valence-corrected chi connectivity index (χ2v) is 24.4. The molecule has 0 radical (unpaired) electrons. The maximum Gasteiger partial charge on any atom is 0.407 e. The molecule has 3 heterocycles. The van der Waals surface area contributed by atoms with Crippen LogP contribution in [-0.2, 0) is 18.9 Å². The molecule has 4 rings (SSSR count). The standard InChI is InChI=1S/C11H16N2O.C10H14N2O.C10H21NO3.C10H13NO.C8H14N2O.C8H17NO2.C7H15NO2.4CH4/c1-8(2)6-13-11(14)10-5-4-9(3)12-7-10;1-8(2)6-12-10(13)9-4-3-5-11-7-9;1-8(2)11-9(12)13-6-7-14-10(3,4)5;1-8(2)11-10(12)9-6-4-3-5-7-9;1-5(2)7-9-8(6(3)4)11-10-7;1-6(2)9-7(10)11-8(3,4)5;1-5(2)8-7(9)10-6(3)4;;;;/h4-5,7-8H,6H2,1-3H3,(H,13,14);3-5,7-8H,6H2,1-2H3,(H,12,13);8H,6-7H2,1-5H3,(H,11,12);3-8H,1-2H3,(H,11,12);5-6H,1-4H3;6H,1-5H3,(H,9,10);5-6H,1-4H3,(H,8,9);4*1H4. The number of alkyl carbamates (subject to hydrolysis) is 3. The summed E-state index contributed by atoms with van der Waals surface area (Å²) in [5, 5.41) is 20.2. The molecule has 0 spiro atoms. The predicted octanol–water partition coefficient (Wildman–Crippen LogP) is 15.3. The number of amides is 6. The van der Waals surface area contributed by atoms with Crippen molar-refractivity contribution < 1.29 is 52.2 Å². The third kappa shape index (κ3) is 60.9. The number of rotatable bonds is 17. The molecule has 6 N–H and O–H groups in total. The van der Waals surface area contributed by atoms with Gasteiger partial charge in [0.25, 0.3) is 17.7 Å². The first-order chi connectivity index (χ1) is 39.2. The minimum absolute atomic E-state index is 0. The number of nitrogens with zero attached hydrogens (tertiary/aromatic N) is 4. The first-order valence-corrected chi connectivity index (χ1v) is 29.4. The highest BCUT2D eigenvalue weighted by molar-refractivity contribution is 5.95. The van der Waals surface area contributed by atoms with E-state index in [1.54, 1.807) is 48.9 Å². The van der Waals surface area contributed by atoms with E-state index < -0.39 is 11.7 Å². The summed E-state index contributed by atoms with van der Waals surface area (Å²) in [6.45, 7) is 50.7. The SMILES string of the molecule is C.C.C.C.CC(C)CNC(=O)c1cccnc1.CC(C)NC(=O)OC(C)(C)C.CC(C)NC(=O)OC(C)C.CC(C)NC(=O)OCCOC(C)(C)C.CC(C)NC(=O)c1ccccc1.CC(C)c1noc(C(C)C)n1.Cc1ccc(C(=O)NCC(C)C)cn1. The summed E-state index contributed by atoms with van der Waals surface area (Å²) in [6, 6.07) is 16.9. The maximum absolute atomic E-state index is 11.5. The van der Waals surface area contributed by atoms with Crippen LogP contribution < -0.4 is 31.9 Å². The van der Waals surface area contributed by atoms with E-state index in [-0.39, 0.29) is 102 Å². The molecule has 0 aliphatic heterocycles. The molecule has 514 valence electrons. The lowest BCUT2D eigenvalue weighted by Crippen LogP contribution is -2.36. The molecule has 0 saturated carbocycles. The van der Waals surface area contributed by atoms with Gasteiger partial charge in [-0.2, -0.15) is 4.98 Å². The second-order valence-electron chi connectivity index (χ2n) is 24.4. The molecule has 21 nitrogen and oxygen atoms in total. The number of aryl methyl sites for hydroxylation is 1. The first kappa shape index (κ1) is 95.5. The van der Waals surface area contributed by atoms with Gasteiger partial charge in [-0.25, -0.2) is 14.4 Å². The van der Waals surface area contributed by atoms with E-state index in [0.29, 0.717) is 60.1 Å². The van der Waals surface area contributed by atoms with Crippen molar-refractivity contribution in [2.75, 3.05) is 26.3 Å². The molecule has 0 fully saturated rings. The molecular weight excluding hydrogens is 1130 g/mol. The Kier molecular flexibility index (Phi) is 56.6. The fourth-order valence-corrected chi connectivity index (χ4v) is 5.33. The van der Waals surface area contributed by atoms with Gasteiger partial charge in [-0.1, -0.05) is 108 Å². The van der Waals surface area contributed by atoms with Crippen molar-refractivity contribution in [2.24, 2.45) is 11.8 Å². The molecule has 0 aliphatic carbocycles. The minimum atomic E-state index is -0.404. The Balaban J connectivity index is -0.000000175. The highest BCUT2D eigenvalue weighted by Gasteiger charge is 2.17. The average molecular weight is 1260 g/mol. The predicted molar refractivity (Wildman–Crippen MR) is 366 cm³/mol.